The normalized spacial score (nSPS) is 11.3. The fourth-order valence-electron chi connectivity index (χ4n) is 2.54. The molecule has 5 nitrogen and oxygen atoms in total. The molecule has 1 aromatic heterocycles. The summed E-state index contributed by atoms with van der Waals surface area (Å²) in [4.78, 5) is 25.0. The molecule has 0 radical (unpaired) electrons. The van der Waals surface area contributed by atoms with Gasteiger partial charge in [-0.3, -0.25) is 14.9 Å². The molecule has 0 aliphatic rings. The summed E-state index contributed by atoms with van der Waals surface area (Å²) in [5.41, 5.74) is 2.27. The molecule has 1 unspecified atom stereocenters. The summed E-state index contributed by atoms with van der Waals surface area (Å²) in [5, 5.41) is 10.6. The Kier molecular flexibility index (Phi) is 6.52. The molecule has 142 valence electrons. The second kappa shape index (κ2) is 9.25. The summed E-state index contributed by atoms with van der Waals surface area (Å²) < 4.78 is 0. The monoisotopic (exact) mass is 409 g/mol. The number of carbonyl (C=O) groups is 2. The second-order valence-electron chi connectivity index (χ2n) is 6.07. The topological polar surface area (TPSA) is 70.2 Å². The van der Waals surface area contributed by atoms with Crippen molar-refractivity contribution in [2.75, 3.05) is 5.32 Å². The highest BCUT2D eigenvalue weighted by molar-refractivity contribution is 7.80. The van der Waals surface area contributed by atoms with E-state index in [4.69, 9.17) is 12.2 Å². The van der Waals surface area contributed by atoms with Crippen LogP contribution in [0.25, 0.3) is 0 Å². The molecular weight excluding hydrogens is 390 g/mol. The van der Waals surface area contributed by atoms with E-state index < -0.39 is 0 Å². The number of benzene rings is 2. The number of thiocarbonyl (C=S) groups is 1. The number of carbonyl (C=O) groups excluding carboxylic acids is 2. The molecule has 3 aromatic rings. The molecule has 0 saturated heterocycles. The van der Waals surface area contributed by atoms with Gasteiger partial charge in [-0.2, -0.15) is 0 Å². The number of hydrogen-bond acceptors (Lipinski definition) is 4. The SMILES string of the molecule is CC(NC(=O)c1ccc(NC(=S)NC(=O)c2cccs2)cc1)c1ccccc1. The van der Waals surface area contributed by atoms with Crippen molar-refractivity contribution in [2.45, 2.75) is 13.0 Å². The van der Waals surface area contributed by atoms with Crippen molar-refractivity contribution in [1.82, 2.24) is 10.6 Å². The van der Waals surface area contributed by atoms with Crippen LogP contribution in [0.15, 0.2) is 72.1 Å². The summed E-state index contributed by atoms with van der Waals surface area (Å²) in [7, 11) is 0. The van der Waals surface area contributed by atoms with Gasteiger partial charge in [0.1, 0.15) is 0 Å². The van der Waals surface area contributed by atoms with E-state index in [0.29, 0.717) is 16.1 Å². The minimum Gasteiger partial charge on any atom is -0.346 e. The van der Waals surface area contributed by atoms with Crippen molar-refractivity contribution < 1.29 is 9.59 Å². The summed E-state index contributed by atoms with van der Waals surface area (Å²) >= 11 is 6.51. The lowest BCUT2D eigenvalue weighted by Crippen LogP contribution is -2.33. The Morgan fingerprint density at radius 2 is 1.64 bits per heavy atom. The molecule has 0 bridgehead atoms. The third kappa shape index (κ3) is 5.25. The maximum absolute atomic E-state index is 12.4. The summed E-state index contributed by atoms with van der Waals surface area (Å²) in [5.74, 6) is -0.408. The van der Waals surface area contributed by atoms with Crippen LogP contribution in [-0.4, -0.2) is 16.9 Å². The first-order valence-corrected chi connectivity index (χ1v) is 9.93. The van der Waals surface area contributed by atoms with Gasteiger partial charge in [-0.15, -0.1) is 11.3 Å². The molecule has 0 aliphatic heterocycles. The van der Waals surface area contributed by atoms with E-state index in [1.54, 1.807) is 36.4 Å². The Balaban J connectivity index is 1.54. The molecule has 2 aromatic carbocycles. The molecule has 1 heterocycles. The van der Waals surface area contributed by atoms with Crippen LogP contribution in [0, 0.1) is 0 Å². The third-order valence-corrected chi connectivity index (χ3v) is 5.10. The Morgan fingerprint density at radius 1 is 0.929 bits per heavy atom. The lowest BCUT2D eigenvalue weighted by molar-refractivity contribution is 0.0938. The maximum atomic E-state index is 12.4. The highest BCUT2D eigenvalue weighted by Gasteiger charge is 2.12. The fraction of sp³-hybridized carbons (Fsp3) is 0.0952. The third-order valence-electron chi connectivity index (χ3n) is 4.02. The predicted octanol–water partition coefficient (Wildman–Crippen LogP) is 4.37. The molecule has 3 rings (SSSR count). The van der Waals surface area contributed by atoms with Crippen LogP contribution in [0.2, 0.25) is 0 Å². The Morgan fingerprint density at radius 3 is 2.29 bits per heavy atom. The quantitative estimate of drug-likeness (QED) is 0.548. The van der Waals surface area contributed by atoms with Gasteiger partial charge in [0.2, 0.25) is 0 Å². The number of nitrogens with one attached hydrogen (secondary N) is 3. The molecule has 3 N–H and O–H groups in total. The molecule has 28 heavy (non-hydrogen) atoms. The summed E-state index contributed by atoms with van der Waals surface area (Å²) in [6.07, 6.45) is 0. The zero-order chi connectivity index (χ0) is 19.9. The smallest absolute Gasteiger partial charge is 0.267 e. The first-order chi connectivity index (χ1) is 13.5. The average Bonchev–Trinajstić information content (AvgIpc) is 3.24. The van der Waals surface area contributed by atoms with Gasteiger partial charge < -0.3 is 10.6 Å². The number of anilines is 1. The van der Waals surface area contributed by atoms with Crippen LogP contribution < -0.4 is 16.0 Å². The zero-order valence-electron chi connectivity index (χ0n) is 15.1. The highest BCUT2D eigenvalue weighted by Crippen LogP contribution is 2.14. The van der Waals surface area contributed by atoms with Crippen molar-refractivity contribution >= 4 is 46.2 Å². The zero-order valence-corrected chi connectivity index (χ0v) is 16.8. The number of rotatable bonds is 5. The van der Waals surface area contributed by atoms with E-state index in [9.17, 15) is 9.59 Å². The first-order valence-electron chi connectivity index (χ1n) is 8.64. The average molecular weight is 410 g/mol. The predicted molar refractivity (Wildman–Crippen MR) is 117 cm³/mol. The van der Waals surface area contributed by atoms with E-state index in [2.05, 4.69) is 16.0 Å². The lowest BCUT2D eigenvalue weighted by atomic mass is 10.1. The number of amides is 2. The minimum absolute atomic E-state index is 0.0912. The van der Waals surface area contributed by atoms with Crippen molar-refractivity contribution in [3.8, 4) is 0 Å². The Labute approximate surface area is 172 Å². The van der Waals surface area contributed by atoms with Crippen molar-refractivity contribution in [3.63, 3.8) is 0 Å². The molecule has 1 atom stereocenters. The molecule has 0 spiro atoms. The minimum atomic E-state index is -0.251. The Hall–Kier alpha value is -3.03. The number of hydrogen-bond donors (Lipinski definition) is 3. The van der Waals surface area contributed by atoms with Gasteiger partial charge in [0, 0.05) is 11.3 Å². The van der Waals surface area contributed by atoms with E-state index >= 15 is 0 Å². The number of thiophene rings is 1. The van der Waals surface area contributed by atoms with Gasteiger partial charge in [-0.05, 0) is 60.4 Å². The maximum Gasteiger partial charge on any atom is 0.267 e. The van der Waals surface area contributed by atoms with E-state index in [0.717, 1.165) is 5.56 Å². The molecule has 0 saturated carbocycles. The van der Waals surface area contributed by atoms with Crippen LogP contribution in [0.3, 0.4) is 0 Å². The lowest BCUT2D eigenvalue weighted by Gasteiger charge is -2.14. The van der Waals surface area contributed by atoms with Gasteiger partial charge in [0.05, 0.1) is 10.9 Å². The van der Waals surface area contributed by atoms with Crippen molar-refractivity contribution in [3.05, 3.63) is 88.1 Å². The molecule has 2 amide bonds. The standard InChI is InChI=1S/C21H19N3O2S2/c1-14(15-6-3-2-4-7-15)22-19(25)16-9-11-17(12-10-16)23-21(27)24-20(26)18-8-5-13-28-18/h2-14H,1H3,(H,22,25)(H2,23,24,26,27). The van der Waals surface area contributed by atoms with Crippen LogP contribution in [0.1, 0.15) is 38.6 Å². The van der Waals surface area contributed by atoms with Crippen LogP contribution in [0.5, 0.6) is 0 Å². The van der Waals surface area contributed by atoms with Gasteiger partial charge in [0.15, 0.2) is 5.11 Å². The van der Waals surface area contributed by atoms with Gasteiger partial charge >= 0.3 is 0 Å². The second-order valence-corrected chi connectivity index (χ2v) is 7.42. The van der Waals surface area contributed by atoms with E-state index in [1.165, 1.54) is 11.3 Å². The Bertz CT molecular complexity index is 955. The summed E-state index contributed by atoms with van der Waals surface area (Å²) in [6, 6.07) is 20.1. The first kappa shape index (κ1) is 19.7. The largest absolute Gasteiger partial charge is 0.346 e. The van der Waals surface area contributed by atoms with Crippen LogP contribution in [-0.2, 0) is 0 Å². The molecule has 7 heteroatoms. The van der Waals surface area contributed by atoms with E-state index in [1.807, 2.05) is 42.6 Å². The van der Waals surface area contributed by atoms with Gasteiger partial charge in [-0.1, -0.05) is 36.4 Å². The fourth-order valence-corrected chi connectivity index (χ4v) is 3.37. The molecular formula is C21H19N3O2S2. The molecule has 0 fully saturated rings. The van der Waals surface area contributed by atoms with Crippen LogP contribution in [0.4, 0.5) is 5.69 Å². The van der Waals surface area contributed by atoms with E-state index in [-0.39, 0.29) is 23.0 Å². The van der Waals surface area contributed by atoms with Gasteiger partial charge in [-0.25, -0.2) is 0 Å². The molecule has 0 aliphatic carbocycles. The van der Waals surface area contributed by atoms with Crippen molar-refractivity contribution in [1.29, 1.82) is 0 Å². The highest BCUT2D eigenvalue weighted by atomic mass is 32.1. The van der Waals surface area contributed by atoms with Gasteiger partial charge in [0.25, 0.3) is 11.8 Å². The van der Waals surface area contributed by atoms with Crippen LogP contribution >= 0.6 is 23.6 Å². The summed E-state index contributed by atoms with van der Waals surface area (Å²) in [6.45, 7) is 1.94. The van der Waals surface area contributed by atoms with Crippen molar-refractivity contribution in [2.24, 2.45) is 0 Å².